The first-order valence-corrected chi connectivity index (χ1v) is 15.8. The molecule has 0 unspecified atom stereocenters. The number of aromatic nitrogens is 2. The Balaban J connectivity index is 1.53. The first kappa shape index (κ1) is 31.2. The number of hydrogen-bond donors (Lipinski definition) is 6. The summed E-state index contributed by atoms with van der Waals surface area (Å²) in [5.74, 6) is -1.13. The molecule has 2 amide bonds. The number of thioether (sulfide) groups is 1. The first-order valence-electron chi connectivity index (χ1n) is 14.7. The number of H-pyrrole nitrogens is 2. The molecular formula is C33H38N4O6S. The number of allylic oxidation sites excluding steroid dienone is 1. The van der Waals surface area contributed by atoms with Gasteiger partial charge in [0.25, 0.3) is 5.91 Å². The van der Waals surface area contributed by atoms with E-state index in [9.17, 15) is 29.4 Å². The van der Waals surface area contributed by atoms with Gasteiger partial charge in [0, 0.05) is 82.2 Å². The maximum absolute atomic E-state index is 12.5. The van der Waals surface area contributed by atoms with Crippen molar-refractivity contribution in [3.05, 3.63) is 80.6 Å². The van der Waals surface area contributed by atoms with Crippen LogP contribution in [0.2, 0.25) is 0 Å². The van der Waals surface area contributed by atoms with E-state index in [1.165, 1.54) is 0 Å². The highest BCUT2D eigenvalue weighted by Gasteiger charge is 2.45. The van der Waals surface area contributed by atoms with Crippen molar-refractivity contribution in [1.82, 2.24) is 20.6 Å². The lowest BCUT2D eigenvalue weighted by Crippen LogP contribution is -2.30. The maximum Gasteiger partial charge on any atom is 0.328 e. The molecule has 3 aliphatic rings. The van der Waals surface area contributed by atoms with Crippen LogP contribution in [0.25, 0.3) is 12.2 Å². The Morgan fingerprint density at radius 2 is 1.80 bits per heavy atom. The third kappa shape index (κ3) is 6.19. The van der Waals surface area contributed by atoms with Crippen molar-refractivity contribution in [3.63, 3.8) is 0 Å². The van der Waals surface area contributed by atoms with Crippen LogP contribution in [0.5, 0.6) is 0 Å². The third-order valence-electron chi connectivity index (χ3n) is 9.07. The van der Waals surface area contributed by atoms with Crippen LogP contribution in [-0.4, -0.2) is 61.0 Å². The number of aromatic amines is 2. The van der Waals surface area contributed by atoms with Gasteiger partial charge in [0.05, 0.1) is 6.04 Å². The standard InChI is InChI=1S/C33H38N4O6S/c1-6-19-15(2)24(36-33(19)43)11-22-16(3)20(7-9-29(38)39)25(34-22)13-26-21(8-10-30(40)41)17(4)23(35-26)12-27-31(28-14-44-28)18(5)32(42)37-27/h6,8,10,12,18,24,28,31,34-35H,1,7,9,11,13-14H2,2-5H3,(H,36,43)(H,37,42)(H,38,39)(H,40,41)/b10-8+,27-12-/t18-,24-,28-,31-/m1/s1. The van der Waals surface area contributed by atoms with Gasteiger partial charge in [-0.25, -0.2) is 4.79 Å². The molecule has 0 radical (unpaired) electrons. The highest BCUT2D eigenvalue weighted by atomic mass is 32.2. The molecule has 0 saturated carbocycles. The van der Waals surface area contributed by atoms with Crippen LogP contribution in [0.3, 0.4) is 0 Å². The zero-order valence-electron chi connectivity index (χ0n) is 25.3. The summed E-state index contributed by atoms with van der Waals surface area (Å²) in [6, 6.07) is -0.213. The van der Waals surface area contributed by atoms with Gasteiger partial charge in [-0.05, 0) is 67.2 Å². The minimum Gasteiger partial charge on any atom is -0.481 e. The van der Waals surface area contributed by atoms with Crippen molar-refractivity contribution >= 4 is 47.7 Å². The van der Waals surface area contributed by atoms with E-state index >= 15 is 0 Å². The monoisotopic (exact) mass is 618 g/mol. The Kier molecular flexibility index (Phi) is 8.78. The second-order valence-electron chi connectivity index (χ2n) is 11.8. The SMILES string of the molecule is C=CC1=C(C)[C@@H](Cc2[nH]c(Cc3[nH]c(/C=C4\NC(=O)[C@H](C)[C@H]4[C@H]4CS4)c(C)c3/C=C/C(=O)O)c(CCC(=O)O)c2C)NC1=O. The van der Waals surface area contributed by atoms with Gasteiger partial charge in [-0.15, -0.1) is 0 Å². The summed E-state index contributed by atoms with van der Waals surface area (Å²) in [7, 11) is 0. The average Bonchev–Trinajstić information content (AvgIpc) is 3.53. The zero-order chi connectivity index (χ0) is 31.9. The number of amides is 2. The van der Waals surface area contributed by atoms with Crippen molar-refractivity contribution in [2.75, 3.05) is 5.75 Å². The molecule has 44 heavy (non-hydrogen) atoms. The molecule has 4 atom stereocenters. The van der Waals surface area contributed by atoms with Crippen LogP contribution in [0.1, 0.15) is 65.3 Å². The largest absolute Gasteiger partial charge is 0.481 e. The highest BCUT2D eigenvalue weighted by molar-refractivity contribution is 8.06. The van der Waals surface area contributed by atoms with Gasteiger partial charge in [0.1, 0.15) is 0 Å². The Bertz CT molecular complexity index is 1650. The van der Waals surface area contributed by atoms with E-state index in [1.54, 1.807) is 12.2 Å². The van der Waals surface area contributed by atoms with Crippen LogP contribution < -0.4 is 10.6 Å². The fourth-order valence-corrected chi connectivity index (χ4v) is 7.35. The number of hydrogen-bond acceptors (Lipinski definition) is 5. The van der Waals surface area contributed by atoms with Gasteiger partial charge in [-0.3, -0.25) is 14.4 Å². The fraction of sp³-hybridized carbons (Fsp3) is 0.394. The number of carboxylic acid groups (broad SMARTS) is 2. The number of aliphatic carboxylic acids is 2. The van der Waals surface area contributed by atoms with Gasteiger partial charge >= 0.3 is 11.9 Å². The van der Waals surface area contributed by atoms with Crippen LogP contribution in [0, 0.1) is 25.7 Å². The van der Waals surface area contributed by atoms with Crippen molar-refractivity contribution in [3.8, 4) is 0 Å². The Labute approximate surface area is 260 Å². The van der Waals surface area contributed by atoms with E-state index < -0.39 is 11.9 Å². The van der Waals surface area contributed by atoms with E-state index in [0.29, 0.717) is 30.1 Å². The van der Waals surface area contributed by atoms with Gasteiger partial charge in [0.2, 0.25) is 5.91 Å². The van der Waals surface area contributed by atoms with Gasteiger partial charge < -0.3 is 30.8 Å². The predicted molar refractivity (Wildman–Crippen MR) is 170 cm³/mol. The first-order chi connectivity index (χ1) is 20.9. The lowest BCUT2D eigenvalue weighted by molar-refractivity contribution is -0.137. The molecule has 2 saturated heterocycles. The second-order valence-corrected chi connectivity index (χ2v) is 13.1. The molecule has 0 bridgehead atoms. The van der Waals surface area contributed by atoms with E-state index in [-0.39, 0.29) is 36.1 Å². The minimum atomic E-state index is -1.07. The summed E-state index contributed by atoms with van der Waals surface area (Å²) >= 11 is 1.84. The van der Waals surface area contributed by atoms with Crippen molar-refractivity contribution in [1.29, 1.82) is 0 Å². The van der Waals surface area contributed by atoms with E-state index in [4.69, 9.17) is 0 Å². The molecule has 2 fully saturated rings. The number of carbonyl (C=O) groups excluding carboxylic acids is 2. The maximum atomic E-state index is 12.5. The summed E-state index contributed by atoms with van der Waals surface area (Å²) in [5.41, 5.74) is 9.02. The van der Waals surface area contributed by atoms with Gasteiger partial charge in [-0.1, -0.05) is 19.6 Å². The Morgan fingerprint density at radius 1 is 1.07 bits per heavy atom. The van der Waals surface area contributed by atoms with Crippen molar-refractivity contribution in [2.24, 2.45) is 11.8 Å². The third-order valence-corrected chi connectivity index (χ3v) is 10.1. The molecule has 0 aromatic carbocycles. The molecule has 232 valence electrons. The number of carbonyl (C=O) groups is 4. The summed E-state index contributed by atoms with van der Waals surface area (Å²) in [6.07, 6.45) is 7.35. The molecule has 5 heterocycles. The van der Waals surface area contributed by atoms with Crippen LogP contribution in [0.15, 0.2) is 35.6 Å². The number of nitrogens with one attached hydrogen (secondary N) is 4. The predicted octanol–water partition coefficient (Wildman–Crippen LogP) is 4.05. The molecule has 10 nitrogen and oxygen atoms in total. The van der Waals surface area contributed by atoms with Crippen LogP contribution >= 0.6 is 11.8 Å². The quantitative estimate of drug-likeness (QED) is 0.154. The summed E-state index contributed by atoms with van der Waals surface area (Å²) in [5, 5.41) is 25.3. The minimum absolute atomic E-state index is 0.00499. The molecule has 2 aromatic rings. The highest BCUT2D eigenvalue weighted by Crippen LogP contribution is 2.46. The number of rotatable bonds is 12. The van der Waals surface area contributed by atoms with E-state index in [1.807, 2.05) is 45.5 Å². The average molecular weight is 619 g/mol. The molecule has 6 N–H and O–H groups in total. The summed E-state index contributed by atoms with van der Waals surface area (Å²) in [4.78, 5) is 55.0. The molecule has 3 aliphatic heterocycles. The Morgan fingerprint density at radius 3 is 2.41 bits per heavy atom. The zero-order valence-corrected chi connectivity index (χ0v) is 26.1. The van der Waals surface area contributed by atoms with Crippen molar-refractivity contribution < 1.29 is 29.4 Å². The van der Waals surface area contributed by atoms with Crippen LogP contribution in [0.4, 0.5) is 0 Å². The van der Waals surface area contributed by atoms with E-state index in [0.717, 1.165) is 68.1 Å². The van der Waals surface area contributed by atoms with Crippen molar-refractivity contribution in [2.45, 2.75) is 64.7 Å². The summed E-state index contributed by atoms with van der Waals surface area (Å²) < 4.78 is 0. The van der Waals surface area contributed by atoms with Gasteiger partial charge in [0.15, 0.2) is 0 Å². The normalized spacial score (nSPS) is 24.0. The smallest absolute Gasteiger partial charge is 0.328 e. The number of carboxylic acids is 2. The fourth-order valence-electron chi connectivity index (χ4n) is 6.44. The van der Waals surface area contributed by atoms with E-state index in [2.05, 4.69) is 27.2 Å². The van der Waals surface area contributed by atoms with Crippen LogP contribution in [-0.2, 0) is 38.4 Å². The lowest BCUT2D eigenvalue weighted by atomic mass is 9.91. The molecular weight excluding hydrogens is 580 g/mol. The topological polar surface area (TPSA) is 164 Å². The molecule has 0 spiro atoms. The molecule has 2 aromatic heterocycles. The van der Waals surface area contributed by atoms with Gasteiger partial charge in [-0.2, -0.15) is 11.8 Å². The lowest BCUT2D eigenvalue weighted by Gasteiger charge is -2.12. The molecule has 0 aliphatic carbocycles. The summed E-state index contributed by atoms with van der Waals surface area (Å²) in [6.45, 7) is 11.5. The second kappa shape index (κ2) is 12.4. The molecule has 5 rings (SSSR count). The Hall–Kier alpha value is -4.25. The molecule has 11 heteroatoms.